The molecule has 0 spiro atoms. The molecule has 0 saturated carbocycles. The summed E-state index contributed by atoms with van der Waals surface area (Å²) in [5.41, 5.74) is 5.53. The van der Waals surface area contributed by atoms with Gasteiger partial charge in [0.2, 0.25) is 11.9 Å². The molecule has 0 atom stereocenters. The van der Waals surface area contributed by atoms with Crippen LogP contribution in [0.5, 0.6) is 6.01 Å². The Labute approximate surface area is 114 Å². The summed E-state index contributed by atoms with van der Waals surface area (Å²) < 4.78 is 41.0. The highest BCUT2D eigenvalue weighted by molar-refractivity contribution is 5.36. The Balaban J connectivity index is 2.00. The zero-order valence-corrected chi connectivity index (χ0v) is 10.9. The molecule has 0 amide bonds. The number of aromatic nitrogens is 3. The SMILES string of the molecule is Nc1nc(OCCC(F)(F)F)nc(N2CCCCC2)n1. The summed E-state index contributed by atoms with van der Waals surface area (Å²) in [6, 6.07) is -0.165. The number of hydrogen-bond acceptors (Lipinski definition) is 6. The second-order valence-corrected chi connectivity index (χ2v) is 4.54. The first-order valence-corrected chi connectivity index (χ1v) is 6.40. The van der Waals surface area contributed by atoms with Gasteiger partial charge in [-0.15, -0.1) is 0 Å². The maximum Gasteiger partial charge on any atom is 0.392 e. The predicted molar refractivity (Wildman–Crippen MR) is 66.5 cm³/mol. The van der Waals surface area contributed by atoms with E-state index in [9.17, 15) is 13.2 Å². The zero-order valence-electron chi connectivity index (χ0n) is 10.9. The first-order valence-electron chi connectivity index (χ1n) is 6.40. The summed E-state index contributed by atoms with van der Waals surface area (Å²) in [5, 5.41) is 0. The number of hydrogen-bond donors (Lipinski definition) is 1. The minimum Gasteiger partial charge on any atom is -0.463 e. The first-order chi connectivity index (χ1) is 9.44. The minimum atomic E-state index is -4.27. The smallest absolute Gasteiger partial charge is 0.392 e. The van der Waals surface area contributed by atoms with E-state index in [1.807, 2.05) is 4.90 Å². The van der Waals surface area contributed by atoms with E-state index >= 15 is 0 Å². The summed E-state index contributed by atoms with van der Waals surface area (Å²) >= 11 is 0. The second-order valence-electron chi connectivity index (χ2n) is 4.54. The maximum absolute atomic E-state index is 12.0. The van der Waals surface area contributed by atoms with Crippen LogP contribution in [-0.4, -0.2) is 40.8 Å². The van der Waals surface area contributed by atoms with Crippen molar-refractivity contribution in [1.29, 1.82) is 0 Å². The number of anilines is 2. The van der Waals surface area contributed by atoms with E-state index in [0.29, 0.717) is 5.95 Å². The summed E-state index contributed by atoms with van der Waals surface area (Å²) in [6.45, 7) is 1.06. The lowest BCUT2D eigenvalue weighted by Crippen LogP contribution is -2.31. The van der Waals surface area contributed by atoms with Crippen LogP contribution in [0, 0.1) is 0 Å². The normalized spacial score (nSPS) is 16.2. The third-order valence-corrected chi connectivity index (χ3v) is 2.88. The van der Waals surface area contributed by atoms with Gasteiger partial charge in [-0.05, 0) is 19.3 Å². The number of piperidine rings is 1. The van der Waals surface area contributed by atoms with Crippen LogP contribution in [0.1, 0.15) is 25.7 Å². The van der Waals surface area contributed by atoms with Crippen molar-refractivity contribution in [3.8, 4) is 6.01 Å². The monoisotopic (exact) mass is 291 g/mol. The molecule has 0 unspecified atom stereocenters. The van der Waals surface area contributed by atoms with Crippen LogP contribution in [0.2, 0.25) is 0 Å². The topological polar surface area (TPSA) is 77.2 Å². The number of nitrogen functional groups attached to an aromatic ring is 1. The van der Waals surface area contributed by atoms with Crippen LogP contribution in [-0.2, 0) is 0 Å². The van der Waals surface area contributed by atoms with Crippen molar-refractivity contribution < 1.29 is 17.9 Å². The minimum absolute atomic E-state index is 0.0532. The van der Waals surface area contributed by atoms with E-state index in [1.54, 1.807) is 0 Å². The Kier molecular flexibility index (Phi) is 4.46. The fourth-order valence-corrected chi connectivity index (χ4v) is 1.92. The summed E-state index contributed by atoms with van der Waals surface area (Å²) in [6.07, 6.45) is -2.14. The Bertz CT molecular complexity index is 448. The number of nitrogens with two attached hydrogens (primary N) is 1. The quantitative estimate of drug-likeness (QED) is 0.911. The zero-order chi connectivity index (χ0) is 14.6. The molecule has 20 heavy (non-hydrogen) atoms. The highest BCUT2D eigenvalue weighted by Crippen LogP contribution is 2.21. The summed E-state index contributed by atoms with van der Waals surface area (Å²) in [5.74, 6) is 0.307. The molecule has 0 bridgehead atoms. The van der Waals surface area contributed by atoms with Crippen molar-refractivity contribution in [1.82, 2.24) is 15.0 Å². The molecule has 2 N–H and O–H groups in total. The third-order valence-electron chi connectivity index (χ3n) is 2.88. The lowest BCUT2D eigenvalue weighted by atomic mass is 10.1. The molecule has 0 radical (unpaired) electrons. The molecule has 1 fully saturated rings. The Hall–Kier alpha value is -1.80. The van der Waals surface area contributed by atoms with Crippen molar-refractivity contribution in [2.24, 2.45) is 0 Å². The summed E-state index contributed by atoms with van der Waals surface area (Å²) in [7, 11) is 0. The number of halogens is 3. The number of nitrogens with zero attached hydrogens (tertiary/aromatic N) is 4. The van der Waals surface area contributed by atoms with Gasteiger partial charge in [-0.25, -0.2) is 0 Å². The molecule has 2 rings (SSSR count). The number of ether oxygens (including phenoxy) is 1. The van der Waals surface area contributed by atoms with Gasteiger partial charge in [0.25, 0.3) is 0 Å². The first kappa shape index (κ1) is 14.6. The molecule has 1 saturated heterocycles. The molecule has 0 aliphatic carbocycles. The van der Waals surface area contributed by atoms with Gasteiger partial charge in [0.05, 0.1) is 6.42 Å². The van der Waals surface area contributed by atoms with E-state index in [4.69, 9.17) is 10.5 Å². The highest BCUT2D eigenvalue weighted by atomic mass is 19.4. The van der Waals surface area contributed by atoms with Crippen molar-refractivity contribution in [2.75, 3.05) is 30.3 Å². The molecule has 1 aromatic rings. The number of alkyl halides is 3. The molecule has 1 aliphatic rings. The molecule has 2 heterocycles. The molecule has 0 aromatic carbocycles. The molecule has 112 valence electrons. The van der Waals surface area contributed by atoms with Crippen LogP contribution < -0.4 is 15.4 Å². The van der Waals surface area contributed by atoms with Gasteiger partial charge in [-0.3, -0.25) is 0 Å². The van der Waals surface area contributed by atoms with Gasteiger partial charge in [0.1, 0.15) is 6.61 Å². The van der Waals surface area contributed by atoms with Crippen molar-refractivity contribution >= 4 is 11.9 Å². The average molecular weight is 291 g/mol. The molecule has 1 aliphatic heterocycles. The molecular weight excluding hydrogens is 275 g/mol. The molecule has 9 heteroatoms. The van der Waals surface area contributed by atoms with Crippen molar-refractivity contribution in [3.05, 3.63) is 0 Å². The van der Waals surface area contributed by atoms with E-state index < -0.39 is 19.2 Å². The van der Waals surface area contributed by atoms with Crippen molar-refractivity contribution in [2.45, 2.75) is 31.9 Å². The molecule has 1 aromatic heterocycles. The lowest BCUT2D eigenvalue weighted by Gasteiger charge is -2.26. The Morgan fingerprint density at radius 2 is 1.80 bits per heavy atom. The van der Waals surface area contributed by atoms with Crippen LogP contribution in [0.15, 0.2) is 0 Å². The second kappa shape index (κ2) is 6.10. The van der Waals surface area contributed by atoms with Gasteiger partial charge in [-0.2, -0.15) is 28.1 Å². The lowest BCUT2D eigenvalue weighted by molar-refractivity contribution is -0.139. The summed E-state index contributed by atoms with van der Waals surface area (Å²) in [4.78, 5) is 13.6. The third kappa shape index (κ3) is 4.39. The van der Waals surface area contributed by atoms with Gasteiger partial charge >= 0.3 is 12.2 Å². The molecule has 6 nitrogen and oxygen atoms in total. The number of rotatable bonds is 4. The van der Waals surface area contributed by atoms with Gasteiger partial charge in [0, 0.05) is 13.1 Å². The Morgan fingerprint density at radius 3 is 2.45 bits per heavy atom. The van der Waals surface area contributed by atoms with Crippen molar-refractivity contribution in [3.63, 3.8) is 0 Å². The van der Waals surface area contributed by atoms with Gasteiger partial charge in [-0.1, -0.05) is 0 Å². The predicted octanol–water partition coefficient (Wildman–Crippen LogP) is 1.78. The fourth-order valence-electron chi connectivity index (χ4n) is 1.92. The fraction of sp³-hybridized carbons (Fsp3) is 0.727. The Morgan fingerprint density at radius 1 is 1.10 bits per heavy atom. The van der Waals surface area contributed by atoms with E-state index in [1.165, 1.54) is 0 Å². The maximum atomic E-state index is 12.0. The van der Waals surface area contributed by atoms with E-state index in [0.717, 1.165) is 32.4 Å². The standard InChI is InChI=1S/C11H16F3N5O/c12-11(13,14)4-7-20-10-17-8(15)16-9(18-10)19-5-2-1-3-6-19/h1-7H2,(H2,15,16,17,18). The van der Waals surface area contributed by atoms with E-state index in [-0.39, 0.29) is 12.0 Å². The van der Waals surface area contributed by atoms with Crippen LogP contribution in [0.3, 0.4) is 0 Å². The van der Waals surface area contributed by atoms with Gasteiger partial charge < -0.3 is 15.4 Å². The highest BCUT2D eigenvalue weighted by Gasteiger charge is 2.27. The average Bonchev–Trinajstić information content (AvgIpc) is 2.37. The van der Waals surface area contributed by atoms with Crippen LogP contribution >= 0.6 is 0 Å². The van der Waals surface area contributed by atoms with Crippen LogP contribution in [0.25, 0.3) is 0 Å². The van der Waals surface area contributed by atoms with Gasteiger partial charge in [0.15, 0.2) is 0 Å². The molecular formula is C11H16F3N5O. The van der Waals surface area contributed by atoms with Crippen LogP contribution in [0.4, 0.5) is 25.1 Å². The largest absolute Gasteiger partial charge is 0.463 e. The van der Waals surface area contributed by atoms with E-state index in [2.05, 4.69) is 15.0 Å².